The zero-order valence-corrected chi connectivity index (χ0v) is 13.5. The van der Waals surface area contributed by atoms with E-state index in [1.165, 1.54) is 12.8 Å². The van der Waals surface area contributed by atoms with Crippen LogP contribution in [0, 0.1) is 6.92 Å². The molecule has 0 amide bonds. The van der Waals surface area contributed by atoms with E-state index in [0.29, 0.717) is 6.04 Å². The second-order valence-corrected chi connectivity index (χ2v) is 6.67. The fraction of sp³-hybridized carbons (Fsp3) is 0.750. The summed E-state index contributed by atoms with van der Waals surface area (Å²) in [6.07, 6.45) is 3.57. The molecule has 1 aliphatic carbocycles. The Hall–Kier alpha value is -1.04. The third kappa shape index (κ3) is 4.22. The zero-order valence-electron chi connectivity index (χ0n) is 13.5. The van der Waals surface area contributed by atoms with Crippen LogP contribution >= 0.6 is 0 Å². The summed E-state index contributed by atoms with van der Waals surface area (Å²) in [5, 5.41) is 3.54. The lowest BCUT2D eigenvalue weighted by Crippen LogP contribution is -2.51. The number of aryl methyl sites for hydroxylation is 1. The summed E-state index contributed by atoms with van der Waals surface area (Å²) in [6, 6.07) is 3.35. The van der Waals surface area contributed by atoms with Gasteiger partial charge in [0.25, 0.3) is 0 Å². The maximum absolute atomic E-state index is 4.77. The molecule has 21 heavy (non-hydrogen) atoms. The minimum Gasteiger partial charge on any atom is -0.308 e. The first-order chi connectivity index (χ1) is 10.1. The number of nitrogens with one attached hydrogen (secondary N) is 1. The van der Waals surface area contributed by atoms with Crippen LogP contribution in [-0.2, 0) is 13.0 Å². The summed E-state index contributed by atoms with van der Waals surface area (Å²) >= 11 is 0. The third-order valence-electron chi connectivity index (χ3n) is 4.50. The first kappa shape index (κ1) is 14.9. The van der Waals surface area contributed by atoms with Crippen molar-refractivity contribution in [3.63, 3.8) is 0 Å². The third-order valence-corrected chi connectivity index (χ3v) is 4.50. The Balaban J connectivity index is 1.65. The van der Waals surface area contributed by atoms with Gasteiger partial charge in [0.15, 0.2) is 0 Å². The number of hydrogen-bond donors (Lipinski definition) is 1. The molecule has 0 aromatic carbocycles. The van der Waals surface area contributed by atoms with Crippen LogP contribution in [-0.4, -0.2) is 65.6 Å². The Kier molecular flexibility index (Phi) is 4.52. The number of rotatable bonds is 5. The van der Waals surface area contributed by atoms with Crippen LogP contribution < -0.4 is 5.32 Å². The number of hydrogen-bond acceptors (Lipinski definition) is 5. The highest BCUT2D eigenvalue weighted by molar-refractivity contribution is 5.11. The SMILES string of the molecule is Cc1cc(CNC2CC2)nc(CC2CN(C)CCN2C)n1. The molecule has 2 aliphatic rings. The molecule has 1 aromatic heterocycles. The lowest BCUT2D eigenvalue weighted by molar-refractivity contribution is 0.113. The Morgan fingerprint density at radius 2 is 2.05 bits per heavy atom. The van der Waals surface area contributed by atoms with Gasteiger partial charge >= 0.3 is 0 Å². The van der Waals surface area contributed by atoms with Gasteiger partial charge in [0.05, 0.1) is 5.69 Å². The van der Waals surface area contributed by atoms with Gasteiger partial charge < -0.3 is 15.1 Å². The Morgan fingerprint density at radius 1 is 1.24 bits per heavy atom. The van der Waals surface area contributed by atoms with Gasteiger partial charge in [-0.3, -0.25) is 0 Å². The van der Waals surface area contributed by atoms with Crippen LogP contribution in [0.2, 0.25) is 0 Å². The number of nitrogens with zero attached hydrogens (tertiary/aromatic N) is 4. The Labute approximate surface area is 127 Å². The predicted molar refractivity (Wildman–Crippen MR) is 84.2 cm³/mol. The number of likely N-dealkylation sites (N-methyl/N-ethyl adjacent to an activating group) is 2. The van der Waals surface area contributed by atoms with Crippen molar-refractivity contribution in [2.75, 3.05) is 33.7 Å². The molecule has 1 saturated heterocycles. The molecular formula is C16H27N5. The van der Waals surface area contributed by atoms with Crippen LogP contribution in [0.5, 0.6) is 0 Å². The minimum atomic E-state index is 0.523. The van der Waals surface area contributed by atoms with E-state index in [0.717, 1.165) is 55.9 Å². The summed E-state index contributed by atoms with van der Waals surface area (Å²) in [6.45, 7) is 6.33. The normalized spacial score (nSPS) is 24.4. The molecule has 1 aliphatic heterocycles. The van der Waals surface area contributed by atoms with Crippen LogP contribution in [0.15, 0.2) is 6.07 Å². The molecule has 116 valence electrons. The van der Waals surface area contributed by atoms with Crippen molar-refractivity contribution in [2.24, 2.45) is 0 Å². The van der Waals surface area contributed by atoms with E-state index < -0.39 is 0 Å². The molecule has 2 fully saturated rings. The Morgan fingerprint density at radius 3 is 2.81 bits per heavy atom. The van der Waals surface area contributed by atoms with Gasteiger partial charge in [0.1, 0.15) is 5.82 Å². The van der Waals surface area contributed by atoms with Gasteiger partial charge in [0.2, 0.25) is 0 Å². The molecule has 0 spiro atoms. The summed E-state index contributed by atoms with van der Waals surface area (Å²) in [7, 11) is 4.41. The van der Waals surface area contributed by atoms with E-state index in [2.05, 4.69) is 47.2 Å². The van der Waals surface area contributed by atoms with Gasteiger partial charge in [-0.2, -0.15) is 0 Å². The monoisotopic (exact) mass is 289 g/mol. The molecule has 0 bridgehead atoms. The standard InChI is InChI=1S/C16H27N5/c1-12-8-14(10-17-13-4-5-13)19-16(18-12)9-15-11-20(2)6-7-21(15)3/h8,13,15,17H,4-7,9-11H2,1-3H3. The van der Waals surface area contributed by atoms with Crippen molar-refractivity contribution in [3.8, 4) is 0 Å². The van der Waals surface area contributed by atoms with E-state index in [1.54, 1.807) is 0 Å². The molecule has 5 heteroatoms. The van der Waals surface area contributed by atoms with Gasteiger partial charge in [-0.15, -0.1) is 0 Å². The van der Waals surface area contributed by atoms with E-state index in [-0.39, 0.29) is 0 Å². The highest BCUT2D eigenvalue weighted by atomic mass is 15.3. The highest BCUT2D eigenvalue weighted by Gasteiger charge is 2.24. The van der Waals surface area contributed by atoms with Crippen LogP contribution in [0.1, 0.15) is 30.1 Å². The van der Waals surface area contributed by atoms with Crippen molar-refractivity contribution >= 4 is 0 Å². The fourth-order valence-electron chi connectivity index (χ4n) is 2.95. The molecule has 1 saturated carbocycles. The van der Waals surface area contributed by atoms with E-state index in [4.69, 9.17) is 4.98 Å². The summed E-state index contributed by atoms with van der Waals surface area (Å²) < 4.78 is 0. The average Bonchev–Trinajstić information content (AvgIpc) is 3.24. The molecule has 2 heterocycles. The number of aromatic nitrogens is 2. The van der Waals surface area contributed by atoms with Gasteiger partial charge in [0, 0.05) is 50.4 Å². The fourth-order valence-corrected chi connectivity index (χ4v) is 2.95. The zero-order chi connectivity index (χ0) is 14.8. The average molecular weight is 289 g/mol. The second kappa shape index (κ2) is 6.38. The van der Waals surface area contributed by atoms with Gasteiger partial charge in [-0.1, -0.05) is 0 Å². The summed E-state index contributed by atoms with van der Waals surface area (Å²) in [4.78, 5) is 14.3. The maximum Gasteiger partial charge on any atom is 0.130 e. The first-order valence-electron chi connectivity index (χ1n) is 8.06. The van der Waals surface area contributed by atoms with Crippen molar-refractivity contribution in [1.29, 1.82) is 0 Å². The second-order valence-electron chi connectivity index (χ2n) is 6.67. The van der Waals surface area contributed by atoms with Crippen molar-refractivity contribution in [1.82, 2.24) is 25.1 Å². The van der Waals surface area contributed by atoms with Crippen molar-refractivity contribution in [2.45, 2.75) is 44.8 Å². The largest absolute Gasteiger partial charge is 0.308 e. The predicted octanol–water partition coefficient (Wildman–Crippen LogP) is 0.825. The topological polar surface area (TPSA) is 44.3 Å². The molecule has 1 unspecified atom stereocenters. The molecule has 3 rings (SSSR count). The number of piperazine rings is 1. The molecule has 1 atom stereocenters. The molecule has 1 aromatic rings. The molecule has 1 N–H and O–H groups in total. The summed E-state index contributed by atoms with van der Waals surface area (Å²) in [5.74, 6) is 0.995. The lowest BCUT2D eigenvalue weighted by atomic mass is 10.1. The van der Waals surface area contributed by atoms with E-state index in [1.807, 2.05) is 0 Å². The smallest absolute Gasteiger partial charge is 0.130 e. The van der Waals surface area contributed by atoms with E-state index in [9.17, 15) is 0 Å². The van der Waals surface area contributed by atoms with Crippen LogP contribution in [0.25, 0.3) is 0 Å². The van der Waals surface area contributed by atoms with Crippen LogP contribution in [0.4, 0.5) is 0 Å². The van der Waals surface area contributed by atoms with Crippen LogP contribution in [0.3, 0.4) is 0 Å². The minimum absolute atomic E-state index is 0.523. The highest BCUT2D eigenvalue weighted by Crippen LogP contribution is 2.19. The molecular weight excluding hydrogens is 262 g/mol. The summed E-state index contributed by atoms with van der Waals surface area (Å²) in [5.41, 5.74) is 2.22. The first-order valence-corrected chi connectivity index (χ1v) is 8.06. The van der Waals surface area contributed by atoms with Gasteiger partial charge in [-0.05, 0) is 39.9 Å². The lowest BCUT2D eigenvalue weighted by Gasteiger charge is -2.37. The van der Waals surface area contributed by atoms with Crippen molar-refractivity contribution < 1.29 is 0 Å². The van der Waals surface area contributed by atoms with Crippen molar-refractivity contribution in [3.05, 3.63) is 23.3 Å². The molecule has 5 nitrogen and oxygen atoms in total. The Bertz CT molecular complexity index is 486. The van der Waals surface area contributed by atoms with Gasteiger partial charge in [-0.25, -0.2) is 9.97 Å². The maximum atomic E-state index is 4.77. The van der Waals surface area contributed by atoms with E-state index >= 15 is 0 Å². The quantitative estimate of drug-likeness (QED) is 0.870. The molecule has 0 radical (unpaired) electrons.